The van der Waals surface area contributed by atoms with Gasteiger partial charge < -0.3 is 9.88 Å². The number of carbonyl (C=O) groups excluding carboxylic acids is 1. The Morgan fingerprint density at radius 2 is 1.77 bits per heavy atom. The molecule has 0 saturated heterocycles. The molecule has 1 N–H and O–H groups in total. The number of sulfone groups is 1. The third-order valence-corrected chi connectivity index (χ3v) is 6.36. The molecular weight excluding hydrogens is 424 g/mol. The summed E-state index contributed by atoms with van der Waals surface area (Å²) >= 11 is 1.32. The summed E-state index contributed by atoms with van der Waals surface area (Å²) in [5.41, 5.74) is 1.31. The van der Waals surface area contributed by atoms with Crippen molar-refractivity contribution in [1.82, 2.24) is 25.0 Å². The number of nitrogens with one attached hydrogen (secondary N) is 1. The number of thioether (sulfide) groups is 1. The first-order chi connectivity index (χ1) is 14.3. The molecule has 3 aromatic rings. The zero-order chi connectivity index (χ0) is 21.7. The first kappa shape index (κ1) is 21.9. The number of hydrogen-bond acceptors (Lipinski definition) is 8. The van der Waals surface area contributed by atoms with Gasteiger partial charge in [0.15, 0.2) is 20.8 Å². The van der Waals surface area contributed by atoms with Gasteiger partial charge in [-0.15, -0.1) is 20.4 Å². The molecule has 158 valence electrons. The molecular formula is C19H22N6O3S2. The van der Waals surface area contributed by atoms with Gasteiger partial charge in [-0.1, -0.05) is 30.8 Å². The molecule has 2 aromatic heterocycles. The predicted octanol–water partition coefficient (Wildman–Crippen LogP) is 2.45. The van der Waals surface area contributed by atoms with Crippen LogP contribution >= 0.6 is 11.8 Å². The van der Waals surface area contributed by atoms with Crippen molar-refractivity contribution in [1.29, 1.82) is 0 Å². The monoisotopic (exact) mass is 446 g/mol. The fourth-order valence-corrected chi connectivity index (χ4v) is 4.19. The quantitative estimate of drug-likeness (QED) is 0.524. The van der Waals surface area contributed by atoms with E-state index in [2.05, 4.69) is 25.7 Å². The number of rotatable bonds is 8. The Morgan fingerprint density at radius 3 is 2.33 bits per heavy atom. The van der Waals surface area contributed by atoms with Crippen LogP contribution in [0.2, 0.25) is 0 Å². The van der Waals surface area contributed by atoms with Crippen LogP contribution in [0.4, 0.5) is 5.82 Å². The molecule has 0 fully saturated rings. The van der Waals surface area contributed by atoms with Crippen LogP contribution < -0.4 is 5.32 Å². The van der Waals surface area contributed by atoms with E-state index in [1.807, 2.05) is 18.4 Å². The van der Waals surface area contributed by atoms with Crippen molar-refractivity contribution in [2.75, 3.05) is 17.3 Å². The summed E-state index contributed by atoms with van der Waals surface area (Å²) in [6.07, 6.45) is 1.94. The zero-order valence-corrected chi connectivity index (χ0v) is 18.5. The standard InChI is InChI=1S/C19H22N6O3S2/c1-4-17-23-24-19(25(17)5-2)29-12-18(26)20-16-11-10-15(21-22-16)13-6-8-14(9-7-13)30(3,27)28/h6-11H,4-5,12H2,1-3H3,(H,20,22,26). The summed E-state index contributed by atoms with van der Waals surface area (Å²) in [4.78, 5) is 12.5. The number of benzene rings is 1. The molecule has 1 aromatic carbocycles. The van der Waals surface area contributed by atoms with E-state index in [4.69, 9.17) is 0 Å². The van der Waals surface area contributed by atoms with E-state index >= 15 is 0 Å². The van der Waals surface area contributed by atoms with E-state index in [1.54, 1.807) is 24.3 Å². The molecule has 0 spiro atoms. The lowest BCUT2D eigenvalue weighted by atomic mass is 10.1. The largest absolute Gasteiger partial charge is 0.308 e. The van der Waals surface area contributed by atoms with Crippen molar-refractivity contribution >= 4 is 33.3 Å². The first-order valence-electron chi connectivity index (χ1n) is 9.30. The lowest BCUT2D eigenvalue weighted by molar-refractivity contribution is -0.113. The highest BCUT2D eigenvalue weighted by Gasteiger charge is 2.13. The van der Waals surface area contributed by atoms with E-state index in [0.717, 1.165) is 30.6 Å². The molecule has 0 aliphatic heterocycles. The van der Waals surface area contributed by atoms with E-state index in [9.17, 15) is 13.2 Å². The Balaban J connectivity index is 1.60. The second-order valence-electron chi connectivity index (χ2n) is 6.43. The highest BCUT2D eigenvalue weighted by atomic mass is 32.2. The lowest BCUT2D eigenvalue weighted by Crippen LogP contribution is -2.16. The van der Waals surface area contributed by atoms with Crippen molar-refractivity contribution in [3.8, 4) is 11.3 Å². The number of aryl methyl sites for hydroxylation is 1. The predicted molar refractivity (Wildman–Crippen MR) is 115 cm³/mol. The number of carbonyl (C=O) groups is 1. The number of anilines is 1. The number of nitrogens with zero attached hydrogens (tertiary/aromatic N) is 5. The molecule has 0 saturated carbocycles. The SMILES string of the molecule is CCc1nnc(SCC(=O)Nc2ccc(-c3ccc(S(C)(=O)=O)cc3)nn2)n1CC. The van der Waals surface area contributed by atoms with Gasteiger partial charge in [-0.05, 0) is 31.2 Å². The molecule has 0 aliphatic carbocycles. The molecule has 11 heteroatoms. The maximum absolute atomic E-state index is 12.2. The molecule has 0 aliphatic rings. The van der Waals surface area contributed by atoms with Crippen LogP contribution in [0.5, 0.6) is 0 Å². The van der Waals surface area contributed by atoms with Crippen molar-refractivity contribution in [2.24, 2.45) is 0 Å². The molecule has 30 heavy (non-hydrogen) atoms. The first-order valence-corrected chi connectivity index (χ1v) is 12.2. The fourth-order valence-electron chi connectivity index (χ4n) is 2.74. The van der Waals surface area contributed by atoms with Crippen molar-refractivity contribution < 1.29 is 13.2 Å². The summed E-state index contributed by atoms with van der Waals surface area (Å²) in [7, 11) is -3.25. The highest BCUT2D eigenvalue weighted by molar-refractivity contribution is 7.99. The van der Waals surface area contributed by atoms with Gasteiger partial charge in [0.1, 0.15) is 5.82 Å². The second kappa shape index (κ2) is 9.35. The molecule has 1 amide bonds. The summed E-state index contributed by atoms with van der Waals surface area (Å²) in [5.74, 6) is 1.19. The smallest absolute Gasteiger partial charge is 0.236 e. The normalized spacial score (nSPS) is 11.4. The van der Waals surface area contributed by atoms with Crippen LogP contribution in [0.15, 0.2) is 46.5 Å². The van der Waals surface area contributed by atoms with Crippen LogP contribution in [-0.4, -0.2) is 51.3 Å². The zero-order valence-electron chi connectivity index (χ0n) is 16.9. The van der Waals surface area contributed by atoms with Crippen LogP contribution in [-0.2, 0) is 27.6 Å². The minimum absolute atomic E-state index is 0.179. The average Bonchev–Trinajstić information content (AvgIpc) is 3.14. The minimum Gasteiger partial charge on any atom is -0.308 e. The van der Waals surface area contributed by atoms with Gasteiger partial charge in [0, 0.05) is 24.8 Å². The van der Waals surface area contributed by atoms with Crippen molar-refractivity contribution in [3.63, 3.8) is 0 Å². The van der Waals surface area contributed by atoms with Crippen LogP contribution in [0.3, 0.4) is 0 Å². The van der Waals surface area contributed by atoms with Gasteiger partial charge in [0.05, 0.1) is 16.3 Å². The Hall–Kier alpha value is -2.79. The maximum atomic E-state index is 12.2. The van der Waals surface area contributed by atoms with Gasteiger partial charge in [0.2, 0.25) is 5.91 Å². The van der Waals surface area contributed by atoms with E-state index < -0.39 is 9.84 Å². The van der Waals surface area contributed by atoms with Gasteiger partial charge in [-0.2, -0.15) is 0 Å². The van der Waals surface area contributed by atoms with E-state index in [0.29, 0.717) is 16.7 Å². The summed E-state index contributed by atoms with van der Waals surface area (Å²) in [5, 5.41) is 19.8. The van der Waals surface area contributed by atoms with Gasteiger partial charge >= 0.3 is 0 Å². The molecule has 0 atom stereocenters. The maximum Gasteiger partial charge on any atom is 0.236 e. The number of hydrogen-bond donors (Lipinski definition) is 1. The van der Waals surface area contributed by atoms with Crippen molar-refractivity contribution in [2.45, 2.75) is 36.9 Å². The molecule has 2 heterocycles. The second-order valence-corrected chi connectivity index (χ2v) is 9.39. The minimum atomic E-state index is -3.25. The van der Waals surface area contributed by atoms with Gasteiger partial charge in [0.25, 0.3) is 0 Å². The highest BCUT2D eigenvalue weighted by Crippen LogP contribution is 2.20. The third kappa shape index (κ3) is 5.22. The molecule has 3 rings (SSSR count). The Labute approximate surface area is 179 Å². The third-order valence-electron chi connectivity index (χ3n) is 4.27. The van der Waals surface area contributed by atoms with Crippen LogP contribution in [0, 0.1) is 0 Å². The van der Waals surface area contributed by atoms with Crippen molar-refractivity contribution in [3.05, 3.63) is 42.2 Å². The molecule has 0 radical (unpaired) electrons. The number of amides is 1. The molecule has 9 nitrogen and oxygen atoms in total. The van der Waals surface area contributed by atoms with E-state index in [-0.39, 0.29) is 16.6 Å². The lowest BCUT2D eigenvalue weighted by Gasteiger charge is -2.07. The topological polar surface area (TPSA) is 120 Å². The summed E-state index contributed by atoms with van der Waals surface area (Å²) in [6.45, 7) is 4.77. The van der Waals surface area contributed by atoms with Gasteiger partial charge in [-0.3, -0.25) is 4.79 Å². The Bertz CT molecular complexity index is 1130. The van der Waals surface area contributed by atoms with Gasteiger partial charge in [-0.25, -0.2) is 8.42 Å². The average molecular weight is 447 g/mol. The number of aromatic nitrogens is 5. The Kier molecular flexibility index (Phi) is 6.83. The van der Waals surface area contributed by atoms with Crippen LogP contribution in [0.1, 0.15) is 19.7 Å². The van der Waals surface area contributed by atoms with Crippen LogP contribution in [0.25, 0.3) is 11.3 Å². The summed E-state index contributed by atoms with van der Waals surface area (Å²) < 4.78 is 25.1. The molecule has 0 bridgehead atoms. The Morgan fingerprint density at radius 1 is 1.03 bits per heavy atom. The van der Waals surface area contributed by atoms with E-state index in [1.165, 1.54) is 23.9 Å². The molecule has 0 unspecified atom stereocenters. The fraction of sp³-hybridized carbons (Fsp3) is 0.316. The summed E-state index contributed by atoms with van der Waals surface area (Å²) in [6, 6.07) is 9.76.